The minimum absolute atomic E-state index is 0.0165. The number of hydrogen-bond acceptors (Lipinski definition) is 8. The Labute approximate surface area is 169 Å². The zero-order chi connectivity index (χ0) is 21.4. The van der Waals surface area contributed by atoms with Crippen molar-refractivity contribution in [3.63, 3.8) is 0 Å². The molecule has 3 heterocycles. The Bertz CT molecular complexity index is 1140. The van der Waals surface area contributed by atoms with Crippen molar-refractivity contribution in [1.29, 1.82) is 0 Å². The van der Waals surface area contributed by atoms with Crippen LogP contribution in [0.5, 0.6) is 0 Å². The van der Waals surface area contributed by atoms with E-state index in [1.807, 2.05) is 18.2 Å². The van der Waals surface area contributed by atoms with Crippen LogP contribution < -0.4 is 11.2 Å². The summed E-state index contributed by atoms with van der Waals surface area (Å²) in [6.07, 6.45) is -1.71. The first-order chi connectivity index (χ1) is 14.3. The van der Waals surface area contributed by atoms with Gasteiger partial charge in [0.15, 0.2) is 6.23 Å². The minimum atomic E-state index is -4.00. The molecule has 0 radical (unpaired) electrons. The summed E-state index contributed by atoms with van der Waals surface area (Å²) < 4.78 is 36.3. The first-order valence-corrected chi connectivity index (χ1v) is 10.5. The van der Waals surface area contributed by atoms with Crippen molar-refractivity contribution in [2.45, 2.75) is 37.5 Å². The lowest BCUT2D eigenvalue weighted by atomic mass is 9.93. The summed E-state index contributed by atoms with van der Waals surface area (Å²) in [5.41, 5.74) is 7.06. The van der Waals surface area contributed by atoms with E-state index in [-0.39, 0.29) is 13.2 Å². The number of rotatable bonds is 5. The van der Waals surface area contributed by atoms with E-state index in [2.05, 4.69) is 15.0 Å². The molecule has 4 rings (SSSR count). The minimum Gasteiger partial charge on any atom is -0.349 e. The summed E-state index contributed by atoms with van der Waals surface area (Å²) in [6, 6.07) is 10.2. The summed E-state index contributed by atoms with van der Waals surface area (Å²) in [5, 5.41) is 3.79. The van der Waals surface area contributed by atoms with Crippen molar-refractivity contribution in [3.05, 3.63) is 79.4 Å². The van der Waals surface area contributed by atoms with Gasteiger partial charge in [-0.25, -0.2) is 9.36 Å². The monoisotopic (exact) mass is 435 g/mol. The van der Waals surface area contributed by atoms with Crippen molar-refractivity contribution >= 4 is 7.82 Å². The average molecular weight is 435 g/mol. The molecule has 30 heavy (non-hydrogen) atoms. The average Bonchev–Trinajstić information content (AvgIpc) is 2.99. The van der Waals surface area contributed by atoms with E-state index in [0.717, 1.165) is 16.2 Å². The predicted octanol–water partition coefficient (Wildman–Crippen LogP) is 2.24. The van der Waals surface area contributed by atoms with E-state index < -0.39 is 43.0 Å². The fourth-order valence-electron chi connectivity index (χ4n) is 3.48. The van der Waals surface area contributed by atoms with Crippen LogP contribution in [0.2, 0.25) is 0 Å². The van der Waals surface area contributed by atoms with E-state index in [0.29, 0.717) is 0 Å². The number of phosphoric acid groups is 1. The fourth-order valence-corrected chi connectivity index (χ4v) is 4.94. The molecule has 5 atom stereocenters. The van der Waals surface area contributed by atoms with Gasteiger partial charge in [0.1, 0.15) is 17.7 Å². The Morgan fingerprint density at radius 2 is 2.13 bits per heavy atom. The first-order valence-electron chi connectivity index (χ1n) is 8.99. The molecule has 0 aliphatic carbocycles. The molecule has 1 N–H and O–H groups in total. The largest absolute Gasteiger partial charge is 0.475 e. The lowest BCUT2D eigenvalue weighted by Gasteiger charge is -2.35. The highest BCUT2D eigenvalue weighted by Gasteiger charge is 2.60. The quantitative estimate of drug-likeness (QED) is 0.326. The number of nitrogens with zero attached hydrogens (tertiary/aromatic N) is 4. The van der Waals surface area contributed by atoms with Gasteiger partial charge in [0.05, 0.1) is 13.2 Å². The molecule has 0 amide bonds. The van der Waals surface area contributed by atoms with Gasteiger partial charge in [-0.15, -0.1) is 0 Å². The maximum atomic E-state index is 13.0. The van der Waals surface area contributed by atoms with Gasteiger partial charge in [-0.1, -0.05) is 35.4 Å². The van der Waals surface area contributed by atoms with Gasteiger partial charge in [0.2, 0.25) is 0 Å². The van der Waals surface area contributed by atoms with Crippen LogP contribution in [0.25, 0.3) is 10.4 Å². The Morgan fingerprint density at radius 1 is 1.37 bits per heavy atom. The summed E-state index contributed by atoms with van der Waals surface area (Å²) in [4.78, 5) is 28.6. The number of benzene rings is 1. The van der Waals surface area contributed by atoms with Crippen LogP contribution in [0.3, 0.4) is 0 Å². The zero-order valence-electron chi connectivity index (χ0n) is 15.8. The fraction of sp³-hybridized carbons (Fsp3) is 0.412. The maximum absolute atomic E-state index is 13.0. The van der Waals surface area contributed by atoms with Gasteiger partial charge in [0, 0.05) is 17.2 Å². The van der Waals surface area contributed by atoms with Gasteiger partial charge in [-0.3, -0.25) is 27.9 Å². The van der Waals surface area contributed by atoms with Crippen LogP contribution in [-0.4, -0.2) is 33.9 Å². The summed E-state index contributed by atoms with van der Waals surface area (Å²) in [6.45, 7) is 1.33. The SMILES string of the molecule is C[C@@]1(N=[N+]=[N-])[C@@H]2O[P@](=O)(OCc3ccccc3)OC[C@H]2O[C@H]1n1ccc(=O)[nH]c1=O. The maximum Gasteiger partial charge on any atom is 0.475 e. The lowest BCUT2D eigenvalue weighted by molar-refractivity contribution is -0.0730. The second-order valence-electron chi connectivity index (χ2n) is 6.99. The van der Waals surface area contributed by atoms with Crippen LogP contribution in [0.1, 0.15) is 18.7 Å². The van der Waals surface area contributed by atoms with Crippen molar-refractivity contribution in [2.24, 2.45) is 5.11 Å². The summed E-state index contributed by atoms with van der Waals surface area (Å²) >= 11 is 0. The van der Waals surface area contributed by atoms with Crippen LogP contribution >= 0.6 is 7.82 Å². The van der Waals surface area contributed by atoms with Gasteiger partial charge < -0.3 is 4.74 Å². The van der Waals surface area contributed by atoms with Crippen molar-refractivity contribution in [1.82, 2.24) is 9.55 Å². The molecular weight excluding hydrogens is 417 g/mol. The van der Waals surface area contributed by atoms with Crippen LogP contribution in [0.15, 0.2) is 57.3 Å². The Kier molecular flexibility index (Phi) is 5.37. The topological polar surface area (TPSA) is 158 Å². The Hall–Kier alpha value is -2.72. The van der Waals surface area contributed by atoms with Crippen molar-refractivity contribution in [3.8, 4) is 0 Å². The van der Waals surface area contributed by atoms with Gasteiger partial charge >= 0.3 is 13.5 Å². The molecule has 1 aromatic carbocycles. The molecule has 12 nitrogen and oxygen atoms in total. The van der Waals surface area contributed by atoms with Gasteiger partial charge in [0.25, 0.3) is 5.56 Å². The number of phosphoric ester groups is 1. The van der Waals surface area contributed by atoms with Crippen LogP contribution in [0, 0.1) is 0 Å². The third-order valence-electron chi connectivity index (χ3n) is 4.95. The molecule has 0 bridgehead atoms. The van der Waals surface area contributed by atoms with Crippen molar-refractivity contribution < 1.29 is 22.9 Å². The number of nitrogens with one attached hydrogen (secondary N) is 1. The van der Waals surface area contributed by atoms with E-state index in [1.165, 1.54) is 13.1 Å². The molecule has 2 fully saturated rings. The molecule has 2 aliphatic heterocycles. The normalized spacial score (nSPS) is 32.9. The highest BCUT2D eigenvalue weighted by Crippen LogP contribution is 2.59. The van der Waals surface area contributed by atoms with Gasteiger partial charge in [-0.05, 0) is 18.0 Å². The smallest absolute Gasteiger partial charge is 0.349 e. The zero-order valence-corrected chi connectivity index (χ0v) is 16.7. The van der Waals surface area contributed by atoms with E-state index in [9.17, 15) is 14.2 Å². The number of hydrogen-bond donors (Lipinski definition) is 1. The second-order valence-corrected chi connectivity index (χ2v) is 8.61. The highest BCUT2D eigenvalue weighted by molar-refractivity contribution is 7.48. The first kappa shape index (κ1) is 20.5. The number of aromatic nitrogens is 2. The molecule has 13 heteroatoms. The van der Waals surface area contributed by atoms with E-state index >= 15 is 0 Å². The second kappa shape index (κ2) is 7.84. The summed E-state index contributed by atoms with van der Waals surface area (Å²) in [5.74, 6) is 0. The molecule has 0 saturated carbocycles. The number of fused-ring (bicyclic) bond motifs is 1. The van der Waals surface area contributed by atoms with E-state index in [4.69, 9.17) is 23.8 Å². The number of azide groups is 1. The standard InChI is InChI=1S/C17H18N5O7P/c1-17(20-21-18)14-12(28-15(17)22-8-7-13(23)19-16(22)24)10-27-30(25,29-14)26-9-11-5-3-2-4-6-11/h2-8,12,14-15H,9-10H2,1H3,(H,19,23,24)/t12-,14-,15-,17-,30-/m1/s1. The third-order valence-corrected chi connectivity index (χ3v) is 6.35. The molecule has 158 valence electrons. The Balaban J connectivity index is 1.62. The predicted molar refractivity (Wildman–Crippen MR) is 102 cm³/mol. The van der Waals surface area contributed by atoms with Crippen molar-refractivity contribution in [2.75, 3.05) is 6.61 Å². The molecule has 2 aromatic rings. The molecule has 0 spiro atoms. The Morgan fingerprint density at radius 3 is 2.83 bits per heavy atom. The highest BCUT2D eigenvalue weighted by atomic mass is 31.2. The van der Waals surface area contributed by atoms with Gasteiger partial charge in [-0.2, -0.15) is 0 Å². The van der Waals surface area contributed by atoms with Crippen LogP contribution in [0.4, 0.5) is 0 Å². The number of ether oxygens (including phenoxy) is 1. The summed E-state index contributed by atoms with van der Waals surface area (Å²) in [7, 11) is -4.00. The van der Waals surface area contributed by atoms with Crippen LogP contribution in [-0.2, 0) is 29.5 Å². The third kappa shape index (κ3) is 3.72. The molecule has 0 unspecified atom stereocenters. The molecule has 1 aromatic heterocycles. The number of H-pyrrole nitrogens is 1. The van der Waals surface area contributed by atoms with E-state index in [1.54, 1.807) is 12.1 Å². The number of aromatic amines is 1. The lowest BCUT2D eigenvalue weighted by Crippen LogP contribution is -2.47. The molecule has 2 saturated heterocycles. The molecular formula is C17H18N5O7P. The molecule has 2 aliphatic rings.